The highest BCUT2D eigenvalue weighted by molar-refractivity contribution is 6.54. The summed E-state index contributed by atoms with van der Waals surface area (Å²) in [6, 6.07) is 16.4. The van der Waals surface area contributed by atoms with E-state index in [1.54, 1.807) is 31.2 Å². The molecule has 6 heteroatoms. The molecule has 0 radical (unpaired) electrons. The predicted octanol–water partition coefficient (Wildman–Crippen LogP) is 4.45. The van der Waals surface area contributed by atoms with E-state index >= 15 is 0 Å². The van der Waals surface area contributed by atoms with Gasteiger partial charge in [-0.15, -0.1) is 0 Å². The molecule has 0 bridgehead atoms. The molecule has 1 aromatic heterocycles. The van der Waals surface area contributed by atoms with E-state index in [0.717, 1.165) is 16.3 Å². The maximum absolute atomic E-state index is 13.1. The first kappa shape index (κ1) is 20.2. The van der Waals surface area contributed by atoms with Crippen molar-refractivity contribution in [1.82, 2.24) is 0 Å². The Hall–Kier alpha value is -3.74. The van der Waals surface area contributed by atoms with Gasteiger partial charge in [-0.05, 0) is 60.5 Å². The third-order valence-electron chi connectivity index (χ3n) is 5.85. The number of Topliss-reactive ketones (excluding diaryl/α,β-unsaturated/α-hetero) is 2. The minimum Gasteiger partial charge on any atom is -0.488 e. The SMILES string of the molecule is Cc1c(-c2ccc(OCC(O)O)cc2)oc2c1C(=O)C(=O)c1c-2ccc2c(C)cccc12. The number of aliphatic hydroxyl groups excluding tert-OH is 1. The number of aryl methyl sites for hydroxylation is 1. The summed E-state index contributed by atoms with van der Waals surface area (Å²) in [5.74, 6) is 0.289. The van der Waals surface area contributed by atoms with Gasteiger partial charge in [-0.25, -0.2) is 0 Å². The van der Waals surface area contributed by atoms with Crippen LogP contribution >= 0.6 is 0 Å². The van der Waals surface area contributed by atoms with E-state index in [1.807, 2.05) is 37.3 Å². The van der Waals surface area contributed by atoms with Crippen molar-refractivity contribution < 1.29 is 29.0 Å². The van der Waals surface area contributed by atoms with Gasteiger partial charge in [0, 0.05) is 22.3 Å². The summed E-state index contributed by atoms with van der Waals surface area (Å²) >= 11 is 0. The number of rotatable bonds is 4. The molecule has 0 spiro atoms. The fraction of sp³-hybridized carbons (Fsp3) is 0.154. The van der Waals surface area contributed by atoms with E-state index in [0.29, 0.717) is 45.1 Å². The lowest BCUT2D eigenvalue weighted by molar-refractivity contribution is -0.0680. The van der Waals surface area contributed by atoms with Crippen LogP contribution in [-0.2, 0) is 0 Å². The monoisotopic (exact) mass is 428 g/mol. The second-order valence-corrected chi connectivity index (χ2v) is 7.89. The molecule has 0 aliphatic heterocycles. The van der Waals surface area contributed by atoms with Gasteiger partial charge in [-0.3, -0.25) is 9.59 Å². The number of furan rings is 1. The van der Waals surface area contributed by atoms with Gasteiger partial charge in [0.05, 0.1) is 5.56 Å². The first-order chi connectivity index (χ1) is 15.4. The summed E-state index contributed by atoms with van der Waals surface area (Å²) in [5, 5.41) is 19.6. The molecular formula is C26H20O6. The number of fused-ring (bicyclic) bond motifs is 5. The number of carbonyl (C=O) groups is 2. The summed E-state index contributed by atoms with van der Waals surface area (Å²) in [4.78, 5) is 26.2. The maximum Gasteiger partial charge on any atom is 0.237 e. The zero-order valence-corrected chi connectivity index (χ0v) is 17.5. The van der Waals surface area contributed by atoms with Crippen LogP contribution in [-0.4, -0.2) is 34.7 Å². The molecule has 1 aliphatic carbocycles. The van der Waals surface area contributed by atoms with Crippen molar-refractivity contribution in [2.75, 3.05) is 6.61 Å². The Morgan fingerprint density at radius 2 is 1.56 bits per heavy atom. The molecule has 2 N–H and O–H groups in total. The Kier molecular flexibility index (Phi) is 4.69. The number of benzene rings is 3. The van der Waals surface area contributed by atoms with Gasteiger partial charge < -0.3 is 19.4 Å². The van der Waals surface area contributed by atoms with E-state index in [-0.39, 0.29) is 6.61 Å². The highest BCUT2D eigenvalue weighted by Crippen LogP contribution is 2.44. The van der Waals surface area contributed by atoms with Crippen molar-refractivity contribution in [2.45, 2.75) is 20.1 Å². The summed E-state index contributed by atoms with van der Waals surface area (Å²) < 4.78 is 11.5. The van der Waals surface area contributed by atoms with Gasteiger partial charge in [0.1, 0.15) is 23.9 Å². The van der Waals surface area contributed by atoms with Crippen LogP contribution in [0.3, 0.4) is 0 Å². The molecule has 1 heterocycles. The van der Waals surface area contributed by atoms with Crippen LogP contribution in [0.4, 0.5) is 0 Å². The van der Waals surface area contributed by atoms with Crippen LogP contribution in [0.1, 0.15) is 31.8 Å². The van der Waals surface area contributed by atoms with Crippen LogP contribution in [0.5, 0.6) is 5.75 Å². The van der Waals surface area contributed by atoms with Gasteiger partial charge >= 0.3 is 0 Å². The highest BCUT2D eigenvalue weighted by atomic mass is 16.5. The molecule has 0 amide bonds. The van der Waals surface area contributed by atoms with E-state index in [2.05, 4.69) is 0 Å². The Morgan fingerprint density at radius 1 is 0.844 bits per heavy atom. The van der Waals surface area contributed by atoms with Crippen molar-refractivity contribution >= 4 is 22.3 Å². The Bertz CT molecular complexity index is 1390. The fourth-order valence-electron chi connectivity index (χ4n) is 4.30. The number of aliphatic hydroxyl groups is 2. The topological polar surface area (TPSA) is 97.0 Å². The van der Waals surface area contributed by atoms with Crippen LogP contribution in [0, 0.1) is 13.8 Å². The summed E-state index contributed by atoms with van der Waals surface area (Å²) in [6.07, 6.45) is -1.56. The predicted molar refractivity (Wildman–Crippen MR) is 119 cm³/mol. The largest absolute Gasteiger partial charge is 0.488 e. The van der Waals surface area contributed by atoms with Crippen LogP contribution < -0.4 is 4.74 Å². The minimum atomic E-state index is -1.56. The normalized spacial score (nSPS) is 12.9. The zero-order valence-electron chi connectivity index (χ0n) is 17.5. The smallest absolute Gasteiger partial charge is 0.237 e. The van der Waals surface area contributed by atoms with Crippen molar-refractivity contribution in [3.8, 4) is 28.4 Å². The van der Waals surface area contributed by atoms with E-state index in [1.165, 1.54) is 0 Å². The number of hydrogen-bond donors (Lipinski definition) is 2. The molecule has 160 valence electrons. The quantitative estimate of drug-likeness (QED) is 0.368. The number of ketones is 2. The summed E-state index contributed by atoms with van der Waals surface area (Å²) in [6.45, 7) is 3.50. The first-order valence-electron chi connectivity index (χ1n) is 10.2. The third-order valence-corrected chi connectivity index (χ3v) is 5.85. The average Bonchev–Trinajstić information content (AvgIpc) is 3.13. The van der Waals surface area contributed by atoms with E-state index in [9.17, 15) is 9.59 Å². The molecule has 32 heavy (non-hydrogen) atoms. The lowest BCUT2D eigenvalue weighted by Crippen LogP contribution is -2.21. The Balaban J connectivity index is 1.64. The molecule has 6 nitrogen and oxygen atoms in total. The molecule has 0 atom stereocenters. The lowest BCUT2D eigenvalue weighted by atomic mass is 9.83. The van der Waals surface area contributed by atoms with Gasteiger partial charge in [-0.1, -0.05) is 24.3 Å². The highest BCUT2D eigenvalue weighted by Gasteiger charge is 2.37. The fourth-order valence-corrected chi connectivity index (χ4v) is 4.30. The van der Waals surface area contributed by atoms with Crippen molar-refractivity contribution in [1.29, 1.82) is 0 Å². The number of carbonyl (C=O) groups excluding carboxylic acids is 2. The molecule has 3 aromatic carbocycles. The number of hydrogen-bond acceptors (Lipinski definition) is 6. The number of ether oxygens (including phenoxy) is 1. The van der Waals surface area contributed by atoms with Crippen LogP contribution in [0.15, 0.2) is 59.0 Å². The van der Waals surface area contributed by atoms with Crippen molar-refractivity contribution in [2.24, 2.45) is 0 Å². The lowest BCUT2D eigenvalue weighted by Gasteiger charge is -2.16. The molecule has 5 rings (SSSR count). The first-order valence-corrected chi connectivity index (χ1v) is 10.2. The third kappa shape index (κ3) is 3.04. The molecule has 0 saturated heterocycles. The molecule has 0 saturated carbocycles. The molecule has 1 aliphatic rings. The second kappa shape index (κ2) is 7.44. The minimum absolute atomic E-state index is 0.242. The van der Waals surface area contributed by atoms with Gasteiger partial charge in [0.2, 0.25) is 11.6 Å². The maximum atomic E-state index is 13.1. The Labute approximate surface area is 183 Å². The van der Waals surface area contributed by atoms with Gasteiger partial charge in [0.15, 0.2) is 6.29 Å². The summed E-state index contributed by atoms with van der Waals surface area (Å²) in [7, 11) is 0. The van der Waals surface area contributed by atoms with Crippen LogP contribution in [0.25, 0.3) is 33.4 Å². The second-order valence-electron chi connectivity index (χ2n) is 7.89. The average molecular weight is 428 g/mol. The van der Waals surface area contributed by atoms with Gasteiger partial charge in [-0.2, -0.15) is 0 Å². The van der Waals surface area contributed by atoms with Crippen molar-refractivity contribution in [3.05, 3.63) is 76.9 Å². The summed E-state index contributed by atoms with van der Waals surface area (Å²) in [5.41, 5.74) is 3.65. The van der Waals surface area contributed by atoms with Gasteiger partial charge in [0.25, 0.3) is 0 Å². The Morgan fingerprint density at radius 3 is 2.28 bits per heavy atom. The van der Waals surface area contributed by atoms with E-state index in [4.69, 9.17) is 19.4 Å². The molecule has 0 unspecified atom stereocenters. The standard InChI is InChI=1S/C26H20O6/c1-13-4-3-5-18-17(13)10-11-19-22(18)24(30)23(29)21-14(2)25(32-26(19)21)15-6-8-16(9-7-15)31-12-20(27)28/h3-11,20,27-28H,12H2,1-2H3. The van der Waals surface area contributed by atoms with E-state index < -0.39 is 17.9 Å². The van der Waals surface area contributed by atoms with Crippen molar-refractivity contribution in [3.63, 3.8) is 0 Å². The molecule has 0 fully saturated rings. The molecular weight excluding hydrogens is 408 g/mol. The zero-order chi connectivity index (χ0) is 22.6. The van der Waals surface area contributed by atoms with Crippen LogP contribution in [0.2, 0.25) is 0 Å². The molecule has 4 aromatic rings.